The molecule has 0 bridgehead atoms. The third-order valence-corrected chi connectivity index (χ3v) is 2.66. The lowest BCUT2D eigenvalue weighted by atomic mass is 10.5. The Labute approximate surface area is 73.7 Å². The average Bonchev–Trinajstić information content (AvgIpc) is 2.04. The first-order valence-corrected chi connectivity index (χ1v) is 5.47. The minimum Gasteiger partial charge on any atom is -0.502 e. The molecule has 0 radical (unpaired) electrons. The molecule has 0 aromatic rings. The van der Waals surface area contributed by atoms with Crippen molar-refractivity contribution in [1.29, 1.82) is 0 Å². The maximum atomic E-state index is 10.9. The van der Waals surface area contributed by atoms with E-state index in [-0.39, 0.29) is 5.75 Å². The molecular formula is C7H15NO3S. The summed E-state index contributed by atoms with van der Waals surface area (Å²) in [4.78, 5) is 0. The van der Waals surface area contributed by atoms with Crippen molar-refractivity contribution in [3.05, 3.63) is 12.8 Å². The molecule has 0 aromatic carbocycles. The zero-order valence-electron chi connectivity index (χ0n) is 7.25. The summed E-state index contributed by atoms with van der Waals surface area (Å²) >= 11 is 0. The Morgan fingerprint density at radius 2 is 2.25 bits per heavy atom. The van der Waals surface area contributed by atoms with Gasteiger partial charge in [0.2, 0.25) is 10.0 Å². The first kappa shape index (κ1) is 11.4. The molecule has 12 heavy (non-hydrogen) atoms. The van der Waals surface area contributed by atoms with Crippen molar-refractivity contribution in [2.75, 3.05) is 18.9 Å². The molecule has 0 atom stereocenters. The van der Waals surface area contributed by atoms with Gasteiger partial charge < -0.3 is 4.74 Å². The number of rotatable bonds is 7. The molecule has 1 N–H and O–H groups in total. The van der Waals surface area contributed by atoms with Crippen LogP contribution in [-0.4, -0.2) is 27.3 Å². The summed E-state index contributed by atoms with van der Waals surface area (Å²) in [5.74, 6) is 0.120. The zero-order valence-corrected chi connectivity index (χ0v) is 8.06. The second kappa shape index (κ2) is 6.02. The smallest absolute Gasteiger partial charge is 0.211 e. The highest BCUT2D eigenvalue weighted by Gasteiger charge is 2.03. The Hall–Kier alpha value is -0.550. The van der Waals surface area contributed by atoms with Crippen LogP contribution >= 0.6 is 0 Å². The zero-order chi connectivity index (χ0) is 9.45. The first-order chi connectivity index (χ1) is 5.62. The van der Waals surface area contributed by atoms with Crippen molar-refractivity contribution < 1.29 is 13.2 Å². The highest BCUT2D eigenvalue weighted by molar-refractivity contribution is 7.89. The lowest BCUT2D eigenvalue weighted by Crippen LogP contribution is -2.26. The number of nitrogens with one attached hydrogen (secondary N) is 1. The predicted molar refractivity (Wildman–Crippen MR) is 48.2 cm³/mol. The monoisotopic (exact) mass is 193 g/mol. The quantitative estimate of drug-likeness (QED) is 0.472. The van der Waals surface area contributed by atoms with Gasteiger partial charge in [-0.05, 0) is 13.3 Å². The molecule has 0 aromatic heterocycles. The van der Waals surface area contributed by atoms with E-state index in [9.17, 15) is 8.42 Å². The van der Waals surface area contributed by atoms with E-state index in [4.69, 9.17) is 4.74 Å². The van der Waals surface area contributed by atoms with Crippen LogP contribution in [0.4, 0.5) is 0 Å². The van der Waals surface area contributed by atoms with Gasteiger partial charge in [-0.1, -0.05) is 6.58 Å². The molecule has 0 aliphatic rings. The lowest BCUT2D eigenvalue weighted by molar-refractivity contribution is 0.247. The summed E-state index contributed by atoms with van der Waals surface area (Å²) in [6.45, 7) is 5.88. The largest absolute Gasteiger partial charge is 0.502 e. The Morgan fingerprint density at radius 3 is 2.75 bits per heavy atom. The molecule has 4 nitrogen and oxygen atoms in total. The van der Waals surface area contributed by atoms with Gasteiger partial charge in [0, 0.05) is 6.54 Å². The fourth-order valence-electron chi connectivity index (χ4n) is 0.569. The van der Waals surface area contributed by atoms with Crippen LogP contribution in [0.25, 0.3) is 0 Å². The van der Waals surface area contributed by atoms with Crippen LogP contribution in [0.2, 0.25) is 0 Å². The van der Waals surface area contributed by atoms with E-state index in [0.717, 1.165) is 0 Å². The highest BCUT2D eigenvalue weighted by Crippen LogP contribution is 1.85. The molecular weight excluding hydrogens is 178 g/mol. The van der Waals surface area contributed by atoms with Crippen LogP contribution in [0.15, 0.2) is 12.8 Å². The molecule has 0 fully saturated rings. The highest BCUT2D eigenvalue weighted by atomic mass is 32.2. The van der Waals surface area contributed by atoms with Gasteiger partial charge in [0.1, 0.15) is 0 Å². The van der Waals surface area contributed by atoms with Gasteiger partial charge in [-0.3, -0.25) is 0 Å². The molecule has 0 saturated heterocycles. The molecule has 0 rings (SSSR count). The third-order valence-electron chi connectivity index (χ3n) is 1.26. The lowest BCUT2D eigenvalue weighted by Gasteiger charge is -2.03. The van der Waals surface area contributed by atoms with Gasteiger partial charge in [-0.2, -0.15) is 0 Å². The van der Waals surface area contributed by atoms with Crippen LogP contribution in [0, 0.1) is 0 Å². The van der Waals surface area contributed by atoms with Crippen LogP contribution in [0.3, 0.4) is 0 Å². The van der Waals surface area contributed by atoms with Crippen LogP contribution in [0.1, 0.15) is 13.3 Å². The van der Waals surface area contributed by atoms with Gasteiger partial charge in [0.15, 0.2) is 0 Å². The van der Waals surface area contributed by atoms with E-state index in [1.165, 1.54) is 6.26 Å². The number of ether oxygens (including phenoxy) is 1. The fraction of sp³-hybridized carbons (Fsp3) is 0.714. The summed E-state index contributed by atoms with van der Waals surface area (Å²) in [6.07, 6.45) is 2.00. The van der Waals surface area contributed by atoms with E-state index < -0.39 is 10.0 Å². The summed E-state index contributed by atoms with van der Waals surface area (Å²) in [6, 6.07) is 0. The van der Waals surface area contributed by atoms with Gasteiger partial charge in [-0.15, -0.1) is 0 Å². The number of hydrogen-bond donors (Lipinski definition) is 1. The molecule has 0 aliphatic carbocycles. The molecule has 0 spiro atoms. The van der Waals surface area contributed by atoms with Crippen molar-refractivity contribution in [2.24, 2.45) is 0 Å². The Bertz CT molecular complexity index is 211. The van der Waals surface area contributed by atoms with E-state index in [1.807, 2.05) is 0 Å². The van der Waals surface area contributed by atoms with Gasteiger partial charge >= 0.3 is 0 Å². The van der Waals surface area contributed by atoms with Crippen molar-refractivity contribution in [1.82, 2.24) is 4.72 Å². The second-order valence-electron chi connectivity index (χ2n) is 2.19. The second-order valence-corrected chi connectivity index (χ2v) is 4.28. The molecule has 0 aliphatic heterocycles. The summed E-state index contributed by atoms with van der Waals surface area (Å²) < 4.78 is 29.0. The minimum absolute atomic E-state index is 0.120. The average molecular weight is 193 g/mol. The first-order valence-electron chi connectivity index (χ1n) is 3.82. The fourth-order valence-corrected chi connectivity index (χ4v) is 1.23. The summed E-state index contributed by atoms with van der Waals surface area (Å²) in [7, 11) is -3.04. The standard InChI is InChI=1S/C7H15NO3S/c1-3-11-7-5-6-8-12(9,10)4-2/h3,8H,1,4-7H2,2H3. The topological polar surface area (TPSA) is 55.4 Å². The van der Waals surface area contributed by atoms with Crippen molar-refractivity contribution >= 4 is 10.0 Å². The van der Waals surface area contributed by atoms with Crippen LogP contribution in [0.5, 0.6) is 0 Å². The van der Waals surface area contributed by atoms with Gasteiger partial charge in [0.05, 0.1) is 18.6 Å². The third kappa shape index (κ3) is 6.18. The number of sulfonamides is 1. The SMILES string of the molecule is C=COCCCNS(=O)(=O)CC. The van der Waals surface area contributed by atoms with Crippen LogP contribution < -0.4 is 4.72 Å². The predicted octanol–water partition coefficient (Wildman–Crippen LogP) is 0.476. The molecule has 0 heterocycles. The molecule has 0 saturated carbocycles. The van der Waals surface area contributed by atoms with E-state index >= 15 is 0 Å². The van der Waals surface area contributed by atoms with Gasteiger partial charge in [0.25, 0.3) is 0 Å². The Kier molecular flexibility index (Phi) is 5.74. The van der Waals surface area contributed by atoms with E-state index in [1.54, 1.807) is 6.92 Å². The van der Waals surface area contributed by atoms with Gasteiger partial charge in [-0.25, -0.2) is 13.1 Å². The van der Waals surface area contributed by atoms with E-state index in [0.29, 0.717) is 19.6 Å². The molecule has 5 heteroatoms. The van der Waals surface area contributed by atoms with Crippen molar-refractivity contribution in [3.63, 3.8) is 0 Å². The normalized spacial score (nSPS) is 11.1. The van der Waals surface area contributed by atoms with Crippen LogP contribution in [-0.2, 0) is 14.8 Å². The van der Waals surface area contributed by atoms with Crippen molar-refractivity contribution in [2.45, 2.75) is 13.3 Å². The molecule has 72 valence electrons. The Balaban J connectivity index is 3.37. The molecule has 0 amide bonds. The maximum Gasteiger partial charge on any atom is 0.211 e. The molecule has 0 unspecified atom stereocenters. The van der Waals surface area contributed by atoms with E-state index in [2.05, 4.69) is 11.3 Å². The number of hydrogen-bond acceptors (Lipinski definition) is 3. The minimum atomic E-state index is -3.04. The summed E-state index contributed by atoms with van der Waals surface area (Å²) in [5, 5.41) is 0. The summed E-state index contributed by atoms with van der Waals surface area (Å²) in [5.41, 5.74) is 0. The maximum absolute atomic E-state index is 10.9. The van der Waals surface area contributed by atoms with Crippen molar-refractivity contribution in [3.8, 4) is 0 Å². The Morgan fingerprint density at radius 1 is 1.58 bits per heavy atom.